The van der Waals surface area contributed by atoms with Crippen LogP contribution in [0.1, 0.15) is 278 Å². The molecule has 0 saturated heterocycles. The van der Waals surface area contributed by atoms with E-state index in [4.69, 9.17) is 14.2 Å². The fraction of sp³-hybridized carbons (Fsp3) is 0.836. The van der Waals surface area contributed by atoms with Crippen molar-refractivity contribution in [2.75, 3.05) is 13.2 Å². The van der Waals surface area contributed by atoms with Crippen molar-refractivity contribution < 1.29 is 28.6 Å². The van der Waals surface area contributed by atoms with Crippen molar-refractivity contribution >= 4 is 17.9 Å². The number of esters is 3. The largest absolute Gasteiger partial charge is 0.462 e. The highest BCUT2D eigenvalue weighted by Gasteiger charge is 2.19. The van der Waals surface area contributed by atoms with Crippen LogP contribution in [0, 0.1) is 0 Å². The Morgan fingerprint density at radius 1 is 0.311 bits per heavy atom. The number of hydrogen-bond acceptors (Lipinski definition) is 6. The molecule has 0 aliphatic carbocycles. The second-order valence-electron chi connectivity index (χ2n) is 17.8. The SMILES string of the molecule is CCCC/C=C\CCCCCCC(=O)OCC(COC(=O)CCCCCCCCC/C=C\CCCCCCCCCC)OC(=O)CCCCC/C=C\CCCCCCCCC. The van der Waals surface area contributed by atoms with Crippen molar-refractivity contribution in [1.82, 2.24) is 0 Å². The second-order valence-corrected chi connectivity index (χ2v) is 17.8. The molecule has 0 fully saturated rings. The maximum atomic E-state index is 12.8. The van der Waals surface area contributed by atoms with E-state index in [1.807, 2.05) is 0 Å². The van der Waals surface area contributed by atoms with Crippen LogP contribution in [-0.4, -0.2) is 37.2 Å². The third-order valence-corrected chi connectivity index (χ3v) is 11.6. The zero-order valence-corrected chi connectivity index (χ0v) is 40.7. The Bertz CT molecular complexity index is 1030. The molecule has 0 aliphatic rings. The van der Waals surface area contributed by atoms with E-state index in [0.29, 0.717) is 19.3 Å². The normalized spacial score (nSPS) is 12.2. The smallest absolute Gasteiger partial charge is 0.306 e. The summed E-state index contributed by atoms with van der Waals surface area (Å²) in [5.74, 6) is -0.908. The second kappa shape index (κ2) is 50.3. The van der Waals surface area contributed by atoms with Crippen LogP contribution in [0.25, 0.3) is 0 Å². The minimum atomic E-state index is -0.783. The van der Waals surface area contributed by atoms with Crippen LogP contribution in [0.4, 0.5) is 0 Å². The minimum absolute atomic E-state index is 0.0826. The van der Waals surface area contributed by atoms with Gasteiger partial charge >= 0.3 is 17.9 Å². The molecule has 356 valence electrons. The predicted octanol–water partition coefficient (Wildman–Crippen LogP) is 17.3. The summed E-state index contributed by atoms with van der Waals surface area (Å²) in [5, 5.41) is 0. The van der Waals surface area contributed by atoms with E-state index in [1.54, 1.807) is 0 Å². The Hall–Kier alpha value is -2.37. The number of unbranched alkanes of at least 4 members (excludes halogenated alkanes) is 31. The molecule has 0 radical (unpaired) electrons. The molecule has 0 aromatic carbocycles. The summed E-state index contributed by atoms with van der Waals surface area (Å²) in [6, 6.07) is 0. The number of carbonyl (C=O) groups excluding carboxylic acids is 3. The molecule has 1 unspecified atom stereocenters. The molecule has 0 N–H and O–H groups in total. The van der Waals surface area contributed by atoms with Gasteiger partial charge in [0, 0.05) is 19.3 Å². The Morgan fingerprint density at radius 2 is 0.557 bits per heavy atom. The van der Waals surface area contributed by atoms with Gasteiger partial charge in [-0.25, -0.2) is 0 Å². The van der Waals surface area contributed by atoms with Gasteiger partial charge in [-0.1, -0.05) is 205 Å². The highest BCUT2D eigenvalue weighted by Crippen LogP contribution is 2.15. The third kappa shape index (κ3) is 48.5. The van der Waals surface area contributed by atoms with Gasteiger partial charge in [0.25, 0.3) is 0 Å². The zero-order valence-electron chi connectivity index (χ0n) is 40.7. The van der Waals surface area contributed by atoms with Gasteiger partial charge in [-0.05, 0) is 89.9 Å². The number of allylic oxidation sites excluding steroid dienone is 6. The first-order valence-electron chi connectivity index (χ1n) is 26.5. The Morgan fingerprint density at radius 3 is 0.885 bits per heavy atom. The summed E-state index contributed by atoms with van der Waals surface area (Å²) in [6.07, 6.45) is 58.5. The molecular weight excluding hydrogens is 757 g/mol. The van der Waals surface area contributed by atoms with Crippen LogP contribution < -0.4 is 0 Å². The quantitative estimate of drug-likeness (QED) is 0.0262. The maximum absolute atomic E-state index is 12.8. The molecule has 0 rings (SSSR count). The van der Waals surface area contributed by atoms with Crippen LogP contribution in [0.15, 0.2) is 36.5 Å². The molecule has 1 atom stereocenters. The van der Waals surface area contributed by atoms with Gasteiger partial charge in [0.15, 0.2) is 6.10 Å². The van der Waals surface area contributed by atoms with Gasteiger partial charge in [-0.3, -0.25) is 14.4 Å². The lowest BCUT2D eigenvalue weighted by molar-refractivity contribution is -0.167. The monoisotopic (exact) mass is 857 g/mol. The van der Waals surface area contributed by atoms with Crippen molar-refractivity contribution in [2.45, 2.75) is 284 Å². The highest BCUT2D eigenvalue weighted by atomic mass is 16.6. The first-order chi connectivity index (χ1) is 30.0. The first-order valence-corrected chi connectivity index (χ1v) is 26.5. The lowest BCUT2D eigenvalue weighted by Gasteiger charge is -2.18. The molecular formula is C55H100O6. The van der Waals surface area contributed by atoms with Gasteiger partial charge in [-0.2, -0.15) is 0 Å². The average Bonchev–Trinajstić information content (AvgIpc) is 3.26. The summed E-state index contributed by atoms with van der Waals surface area (Å²) in [4.78, 5) is 37.9. The van der Waals surface area contributed by atoms with Crippen LogP contribution in [0.3, 0.4) is 0 Å². The van der Waals surface area contributed by atoms with Crippen LogP contribution in [-0.2, 0) is 28.6 Å². The first kappa shape index (κ1) is 58.6. The van der Waals surface area contributed by atoms with E-state index < -0.39 is 6.10 Å². The van der Waals surface area contributed by atoms with Crippen LogP contribution in [0.5, 0.6) is 0 Å². The number of rotatable bonds is 48. The molecule has 0 spiro atoms. The lowest BCUT2D eigenvalue weighted by atomic mass is 10.1. The van der Waals surface area contributed by atoms with Crippen molar-refractivity contribution in [3.05, 3.63) is 36.5 Å². The molecule has 0 heterocycles. The number of ether oxygens (including phenoxy) is 3. The Balaban J connectivity index is 4.32. The molecule has 0 aliphatic heterocycles. The van der Waals surface area contributed by atoms with E-state index >= 15 is 0 Å². The zero-order chi connectivity index (χ0) is 44.4. The average molecular weight is 857 g/mol. The summed E-state index contributed by atoms with van der Waals surface area (Å²) >= 11 is 0. The van der Waals surface area contributed by atoms with Gasteiger partial charge in [0.05, 0.1) is 0 Å². The number of carbonyl (C=O) groups is 3. The number of hydrogen-bond donors (Lipinski definition) is 0. The van der Waals surface area contributed by atoms with E-state index in [-0.39, 0.29) is 31.1 Å². The molecule has 0 amide bonds. The van der Waals surface area contributed by atoms with Crippen LogP contribution >= 0.6 is 0 Å². The highest BCUT2D eigenvalue weighted by molar-refractivity contribution is 5.71. The maximum Gasteiger partial charge on any atom is 0.306 e. The molecule has 6 nitrogen and oxygen atoms in total. The van der Waals surface area contributed by atoms with Gasteiger partial charge in [0.2, 0.25) is 0 Å². The fourth-order valence-electron chi connectivity index (χ4n) is 7.53. The van der Waals surface area contributed by atoms with Crippen molar-refractivity contribution in [2.24, 2.45) is 0 Å². The minimum Gasteiger partial charge on any atom is -0.462 e. The predicted molar refractivity (Wildman–Crippen MR) is 261 cm³/mol. The fourth-order valence-corrected chi connectivity index (χ4v) is 7.53. The van der Waals surface area contributed by atoms with Crippen molar-refractivity contribution in [3.8, 4) is 0 Å². The Kier molecular flexibility index (Phi) is 48.3. The standard InChI is InChI=1S/C55H100O6/c1-4-7-10-13-16-19-22-24-26-27-28-29-30-32-33-36-39-42-45-48-54(57)60-51-52(50-59-53(56)47-44-41-38-35-21-18-15-12-9-6-3)61-55(58)49-46-43-40-37-34-31-25-23-20-17-14-11-8-5-2/h15,18,27-28,31,34,52H,4-14,16-17,19-26,29-30,32-33,35-51H2,1-3H3/b18-15-,28-27-,34-31-. The molecule has 61 heavy (non-hydrogen) atoms. The van der Waals surface area contributed by atoms with E-state index in [0.717, 1.165) is 89.9 Å². The van der Waals surface area contributed by atoms with E-state index in [1.165, 1.54) is 148 Å². The van der Waals surface area contributed by atoms with E-state index in [9.17, 15) is 14.4 Å². The molecule has 0 aromatic heterocycles. The topological polar surface area (TPSA) is 78.9 Å². The van der Waals surface area contributed by atoms with Gasteiger partial charge in [-0.15, -0.1) is 0 Å². The van der Waals surface area contributed by atoms with Gasteiger partial charge < -0.3 is 14.2 Å². The summed E-state index contributed by atoms with van der Waals surface area (Å²) in [7, 11) is 0. The van der Waals surface area contributed by atoms with Crippen LogP contribution in [0.2, 0.25) is 0 Å². The molecule has 0 aromatic rings. The molecule has 0 saturated carbocycles. The van der Waals surface area contributed by atoms with E-state index in [2.05, 4.69) is 57.2 Å². The summed E-state index contributed by atoms with van der Waals surface area (Å²) < 4.78 is 16.8. The molecule has 0 bridgehead atoms. The molecule has 6 heteroatoms. The third-order valence-electron chi connectivity index (χ3n) is 11.6. The summed E-state index contributed by atoms with van der Waals surface area (Å²) in [6.45, 7) is 6.58. The van der Waals surface area contributed by atoms with Gasteiger partial charge in [0.1, 0.15) is 13.2 Å². The van der Waals surface area contributed by atoms with Crippen molar-refractivity contribution in [3.63, 3.8) is 0 Å². The Labute approximate surface area is 378 Å². The summed E-state index contributed by atoms with van der Waals surface area (Å²) in [5.41, 5.74) is 0. The lowest BCUT2D eigenvalue weighted by Crippen LogP contribution is -2.30. The van der Waals surface area contributed by atoms with Crippen molar-refractivity contribution in [1.29, 1.82) is 0 Å².